The maximum Gasteiger partial charge on any atom is 0.306 e. The first-order chi connectivity index (χ1) is 11.4. The molecule has 0 aliphatic heterocycles. The molecule has 2 rings (SSSR count). The number of ether oxygens (including phenoxy) is 2. The Labute approximate surface area is 146 Å². The fourth-order valence-electron chi connectivity index (χ4n) is 2.61. The monoisotopic (exact) mass is 350 g/mol. The van der Waals surface area contributed by atoms with E-state index in [4.69, 9.17) is 4.74 Å². The predicted octanol–water partition coefficient (Wildman–Crippen LogP) is 2.09. The SMILES string of the molecule is COC(=O)C[C@H](S)CNC(=O)c1c(C)n(C)c2ccc(OC)cc12. The average molecular weight is 350 g/mol. The van der Waals surface area contributed by atoms with E-state index in [-0.39, 0.29) is 30.1 Å². The quantitative estimate of drug-likeness (QED) is 0.618. The second-order valence-corrected chi connectivity index (χ2v) is 6.28. The van der Waals surface area contributed by atoms with E-state index >= 15 is 0 Å². The minimum absolute atomic E-state index is 0.141. The molecular formula is C17H22N2O4S. The number of esters is 1. The van der Waals surface area contributed by atoms with Crippen LogP contribution in [0.5, 0.6) is 5.75 Å². The predicted molar refractivity (Wildman–Crippen MR) is 95.9 cm³/mol. The highest BCUT2D eigenvalue weighted by molar-refractivity contribution is 7.81. The Morgan fingerprint density at radius 1 is 1.33 bits per heavy atom. The van der Waals surface area contributed by atoms with Crippen LogP contribution in [0.25, 0.3) is 10.9 Å². The second-order valence-electron chi connectivity index (χ2n) is 5.55. The largest absolute Gasteiger partial charge is 0.497 e. The Hall–Kier alpha value is -2.15. The Morgan fingerprint density at radius 3 is 2.67 bits per heavy atom. The molecule has 2 aromatic rings. The molecular weight excluding hydrogens is 328 g/mol. The number of nitrogens with zero attached hydrogens (tertiary/aromatic N) is 1. The lowest BCUT2D eigenvalue weighted by atomic mass is 10.1. The van der Waals surface area contributed by atoms with Crippen molar-refractivity contribution >= 4 is 35.4 Å². The van der Waals surface area contributed by atoms with Crippen LogP contribution in [0.3, 0.4) is 0 Å². The molecule has 0 saturated heterocycles. The third-order valence-electron chi connectivity index (χ3n) is 4.05. The lowest BCUT2D eigenvalue weighted by Crippen LogP contribution is -2.31. The fraction of sp³-hybridized carbons (Fsp3) is 0.412. The van der Waals surface area contributed by atoms with Crippen molar-refractivity contribution in [2.45, 2.75) is 18.6 Å². The van der Waals surface area contributed by atoms with Gasteiger partial charge in [0.2, 0.25) is 0 Å². The van der Waals surface area contributed by atoms with E-state index in [9.17, 15) is 9.59 Å². The summed E-state index contributed by atoms with van der Waals surface area (Å²) in [6, 6.07) is 5.64. The van der Waals surface area contributed by atoms with Crippen molar-refractivity contribution in [3.05, 3.63) is 29.5 Å². The topological polar surface area (TPSA) is 69.6 Å². The van der Waals surface area contributed by atoms with Gasteiger partial charge < -0.3 is 19.4 Å². The number of hydrogen-bond acceptors (Lipinski definition) is 5. The highest BCUT2D eigenvalue weighted by atomic mass is 32.1. The van der Waals surface area contributed by atoms with Gasteiger partial charge in [-0.3, -0.25) is 9.59 Å². The van der Waals surface area contributed by atoms with Gasteiger partial charge in [-0.05, 0) is 25.1 Å². The molecule has 1 amide bonds. The van der Waals surface area contributed by atoms with Gasteiger partial charge in [0, 0.05) is 35.4 Å². The van der Waals surface area contributed by atoms with E-state index < -0.39 is 0 Å². The van der Waals surface area contributed by atoms with Gasteiger partial charge in [-0.2, -0.15) is 12.6 Å². The molecule has 0 aliphatic rings. The lowest BCUT2D eigenvalue weighted by Gasteiger charge is -2.11. The van der Waals surface area contributed by atoms with Crippen LogP contribution in [0.15, 0.2) is 18.2 Å². The zero-order valence-corrected chi connectivity index (χ0v) is 15.1. The van der Waals surface area contributed by atoms with Crippen molar-refractivity contribution in [3.8, 4) is 5.75 Å². The zero-order chi connectivity index (χ0) is 17.9. The van der Waals surface area contributed by atoms with E-state index in [1.54, 1.807) is 7.11 Å². The summed E-state index contributed by atoms with van der Waals surface area (Å²) in [5, 5.41) is 3.36. The van der Waals surface area contributed by atoms with Crippen LogP contribution >= 0.6 is 12.6 Å². The van der Waals surface area contributed by atoms with E-state index in [0.717, 1.165) is 16.6 Å². The summed E-state index contributed by atoms with van der Waals surface area (Å²) in [7, 11) is 4.84. The Bertz CT molecular complexity index is 770. The molecule has 0 unspecified atom stereocenters. The van der Waals surface area contributed by atoms with E-state index in [1.807, 2.05) is 36.7 Å². The van der Waals surface area contributed by atoms with Crippen molar-refractivity contribution in [3.63, 3.8) is 0 Å². The van der Waals surface area contributed by atoms with E-state index in [0.29, 0.717) is 11.3 Å². The Kier molecular flexibility index (Phi) is 5.77. The molecule has 0 radical (unpaired) electrons. The summed E-state index contributed by atoms with van der Waals surface area (Å²) in [4.78, 5) is 23.9. The smallest absolute Gasteiger partial charge is 0.306 e. The van der Waals surface area contributed by atoms with Crippen LogP contribution in [0, 0.1) is 6.92 Å². The molecule has 1 heterocycles. The number of carbonyl (C=O) groups is 2. The number of amides is 1. The highest BCUT2D eigenvalue weighted by Crippen LogP contribution is 2.28. The van der Waals surface area contributed by atoms with Gasteiger partial charge in [0.1, 0.15) is 5.75 Å². The second kappa shape index (κ2) is 7.61. The summed E-state index contributed by atoms with van der Waals surface area (Å²) >= 11 is 4.31. The van der Waals surface area contributed by atoms with Crippen LogP contribution in [0.2, 0.25) is 0 Å². The van der Waals surface area contributed by atoms with E-state index in [1.165, 1.54) is 7.11 Å². The molecule has 1 atom stereocenters. The number of fused-ring (bicyclic) bond motifs is 1. The van der Waals surface area contributed by atoms with Crippen molar-refractivity contribution in [2.24, 2.45) is 7.05 Å². The molecule has 0 saturated carbocycles. The van der Waals surface area contributed by atoms with Gasteiger partial charge in [-0.25, -0.2) is 0 Å². The summed E-state index contributed by atoms with van der Waals surface area (Å²) < 4.78 is 11.8. The summed E-state index contributed by atoms with van der Waals surface area (Å²) in [6.07, 6.45) is 0.141. The molecule has 7 heteroatoms. The standard InChI is InChI=1S/C17H22N2O4S/c1-10-16(17(21)18-9-12(24)8-15(20)23-4)13-7-11(22-3)5-6-14(13)19(10)2/h5-7,12,24H,8-9H2,1-4H3,(H,18,21)/t12-/m0/s1. The first kappa shape index (κ1) is 18.2. The summed E-state index contributed by atoms with van der Waals surface area (Å²) in [5.74, 6) is 0.144. The van der Waals surface area contributed by atoms with Crippen LogP contribution in [-0.4, -0.2) is 42.5 Å². The van der Waals surface area contributed by atoms with Gasteiger partial charge in [0.05, 0.1) is 26.2 Å². The number of methoxy groups -OCH3 is 2. The molecule has 1 N–H and O–H groups in total. The summed E-state index contributed by atoms with van der Waals surface area (Å²) in [5.41, 5.74) is 2.42. The maximum atomic E-state index is 12.6. The van der Waals surface area contributed by atoms with Crippen LogP contribution in [0.4, 0.5) is 0 Å². The highest BCUT2D eigenvalue weighted by Gasteiger charge is 2.20. The number of nitrogens with one attached hydrogen (secondary N) is 1. The minimum Gasteiger partial charge on any atom is -0.497 e. The van der Waals surface area contributed by atoms with Crippen molar-refractivity contribution in [1.82, 2.24) is 9.88 Å². The first-order valence-corrected chi connectivity index (χ1v) is 8.06. The fourth-order valence-corrected chi connectivity index (χ4v) is 2.85. The molecule has 0 fully saturated rings. The van der Waals surface area contributed by atoms with Crippen LogP contribution < -0.4 is 10.1 Å². The molecule has 0 aliphatic carbocycles. The first-order valence-electron chi connectivity index (χ1n) is 7.55. The Balaban J connectivity index is 2.23. The molecule has 0 spiro atoms. The molecule has 0 bridgehead atoms. The van der Waals surface area contributed by atoms with Gasteiger partial charge >= 0.3 is 5.97 Å². The molecule has 24 heavy (non-hydrogen) atoms. The average Bonchev–Trinajstić information content (AvgIpc) is 2.83. The van der Waals surface area contributed by atoms with E-state index in [2.05, 4.69) is 22.7 Å². The lowest BCUT2D eigenvalue weighted by molar-refractivity contribution is -0.140. The molecule has 1 aromatic carbocycles. The van der Waals surface area contributed by atoms with Crippen LogP contribution in [0.1, 0.15) is 22.5 Å². The maximum absolute atomic E-state index is 12.6. The van der Waals surface area contributed by atoms with Gasteiger partial charge in [0.15, 0.2) is 0 Å². The number of rotatable bonds is 6. The molecule has 6 nitrogen and oxygen atoms in total. The third-order valence-corrected chi connectivity index (χ3v) is 4.42. The van der Waals surface area contributed by atoms with Gasteiger partial charge in [-0.15, -0.1) is 0 Å². The van der Waals surface area contributed by atoms with Crippen LogP contribution in [-0.2, 0) is 16.6 Å². The number of thiol groups is 1. The number of carbonyl (C=O) groups excluding carboxylic acids is 2. The van der Waals surface area contributed by atoms with Gasteiger partial charge in [-0.1, -0.05) is 0 Å². The zero-order valence-electron chi connectivity index (χ0n) is 14.3. The van der Waals surface area contributed by atoms with Crippen molar-refractivity contribution in [2.75, 3.05) is 20.8 Å². The third kappa shape index (κ3) is 3.67. The minimum atomic E-state index is -0.352. The summed E-state index contributed by atoms with van der Waals surface area (Å²) in [6.45, 7) is 2.17. The van der Waals surface area contributed by atoms with Crippen molar-refractivity contribution < 1.29 is 19.1 Å². The molecule has 1 aromatic heterocycles. The normalized spacial score (nSPS) is 12.0. The number of hydrogen-bond donors (Lipinski definition) is 2. The number of aryl methyl sites for hydroxylation is 1. The number of aromatic nitrogens is 1. The van der Waals surface area contributed by atoms with Crippen molar-refractivity contribution in [1.29, 1.82) is 0 Å². The Morgan fingerprint density at radius 2 is 2.04 bits per heavy atom. The van der Waals surface area contributed by atoms with Gasteiger partial charge in [0.25, 0.3) is 5.91 Å². The molecule has 130 valence electrons. The number of benzene rings is 1.